The van der Waals surface area contributed by atoms with E-state index >= 15 is 17.6 Å². The number of thiophene rings is 2. The number of amides is 8. The number of hydrogen-bond acceptors (Lipinski definition) is 16. The second-order valence-electron chi connectivity index (χ2n) is 30.5. The minimum atomic E-state index is -1.31. The summed E-state index contributed by atoms with van der Waals surface area (Å²) in [6.07, 6.45) is 9.71. The molecule has 116 heavy (non-hydrogen) atoms. The number of rotatable bonds is 28. The van der Waals surface area contributed by atoms with Gasteiger partial charge in [0.15, 0.2) is 0 Å². The average molecular weight is 1650 g/mol. The van der Waals surface area contributed by atoms with Crippen molar-refractivity contribution in [2.45, 2.75) is 155 Å². The van der Waals surface area contributed by atoms with Crippen LogP contribution in [0.1, 0.15) is 195 Å². The van der Waals surface area contributed by atoms with E-state index in [-0.39, 0.29) is 167 Å². The summed E-state index contributed by atoms with van der Waals surface area (Å²) < 4.78 is 61.1. The zero-order chi connectivity index (χ0) is 81.4. The van der Waals surface area contributed by atoms with Crippen molar-refractivity contribution in [2.75, 3.05) is 86.8 Å². The normalized spacial score (nSPS) is 14.9. The Morgan fingerprint density at radius 3 is 1.14 bits per heavy atom. The van der Waals surface area contributed by atoms with E-state index in [1.165, 1.54) is 46.9 Å². The van der Waals surface area contributed by atoms with Crippen molar-refractivity contribution in [3.8, 4) is 0 Å². The molecule has 2 aromatic heterocycles. The summed E-state index contributed by atoms with van der Waals surface area (Å²) in [4.78, 5) is 113. The number of aromatic carboxylic acids is 2. The molecule has 22 nitrogen and oxygen atoms in total. The molecule has 8 N–H and O–H groups in total. The van der Waals surface area contributed by atoms with Crippen molar-refractivity contribution in [1.82, 2.24) is 30.2 Å². The van der Waals surface area contributed by atoms with Gasteiger partial charge in [0.1, 0.15) is 33.3 Å². The van der Waals surface area contributed by atoms with E-state index < -0.39 is 47.0 Å². The van der Waals surface area contributed by atoms with Gasteiger partial charge < -0.3 is 71.7 Å². The Kier molecular flexibility index (Phi) is 33.4. The topological polar surface area (TPSA) is 308 Å². The van der Waals surface area contributed by atoms with Crippen LogP contribution < -0.4 is 101 Å². The largest absolute Gasteiger partial charge is 1.00 e. The maximum absolute atomic E-state index is 15.3. The number of carbonyl (C=O) groups excluding carboxylic acids is 8. The summed E-state index contributed by atoms with van der Waals surface area (Å²) in [7, 11) is 0. The Hall–Kier alpha value is -8.36. The Labute approximate surface area is 725 Å². The Morgan fingerprint density at radius 2 is 0.793 bits per heavy atom. The van der Waals surface area contributed by atoms with Crippen molar-refractivity contribution in [1.29, 1.82) is 0 Å². The summed E-state index contributed by atoms with van der Waals surface area (Å²) in [5.41, 5.74) is 5.25. The number of aryl methyl sites for hydroxylation is 4. The van der Waals surface area contributed by atoms with Gasteiger partial charge in [0.05, 0.1) is 23.1 Å². The Morgan fingerprint density at radius 1 is 0.431 bits per heavy atom. The van der Waals surface area contributed by atoms with E-state index in [1.807, 2.05) is 46.2 Å². The molecule has 6 aromatic carbocycles. The van der Waals surface area contributed by atoms with Crippen molar-refractivity contribution in [3.63, 3.8) is 0 Å². The smallest absolute Gasteiger partial charge is 0.545 e. The molecule has 4 aliphatic rings. The number of hydrogen-bond donors (Lipinski definition) is 8. The monoisotopic (exact) mass is 1650 g/mol. The number of aliphatic hydroxyl groups excluding tert-OH is 2. The number of carboxylic acid groups (broad SMARTS) is 2. The number of benzene rings is 6. The number of nitrogens with one attached hydrogen (secondary N) is 6. The van der Waals surface area contributed by atoms with E-state index in [0.717, 1.165) is 94.8 Å². The van der Waals surface area contributed by atoms with E-state index in [9.17, 15) is 48.6 Å². The second kappa shape index (κ2) is 42.3. The van der Waals surface area contributed by atoms with Gasteiger partial charge in [0.25, 0.3) is 23.6 Å². The number of anilines is 4. The van der Waals surface area contributed by atoms with Crippen LogP contribution in [-0.2, 0) is 64.5 Å². The minimum Gasteiger partial charge on any atom is -0.545 e. The predicted octanol–water partition coefficient (Wildman–Crippen LogP) is 5.88. The molecule has 4 heterocycles. The molecule has 8 aromatic rings. The van der Waals surface area contributed by atoms with Crippen LogP contribution in [0.3, 0.4) is 0 Å². The molecular formula is C86H96F4N10Na2O12S2. The van der Waals surface area contributed by atoms with Crippen LogP contribution >= 0.6 is 22.7 Å². The van der Waals surface area contributed by atoms with Crippen LogP contribution in [0.15, 0.2) is 121 Å². The van der Waals surface area contributed by atoms with Crippen LogP contribution in [-0.4, -0.2) is 154 Å². The molecule has 0 bridgehead atoms. The molecule has 2 aliphatic heterocycles. The van der Waals surface area contributed by atoms with Crippen LogP contribution in [0.25, 0.3) is 0 Å². The fourth-order valence-electron chi connectivity index (χ4n) is 15.0. The average Bonchev–Trinajstić information content (AvgIpc) is 1.65. The summed E-state index contributed by atoms with van der Waals surface area (Å²) in [5, 5.41) is 57.9. The number of unbranched alkanes of at least 4 members (excludes halogenated alkanes) is 2. The Balaban J connectivity index is 0.000000261. The summed E-state index contributed by atoms with van der Waals surface area (Å²) in [6, 6.07) is 30.5. The predicted molar refractivity (Wildman–Crippen MR) is 427 cm³/mol. The first-order valence-electron chi connectivity index (χ1n) is 38.7. The van der Waals surface area contributed by atoms with Crippen LogP contribution in [0.4, 0.5) is 48.5 Å². The number of carbonyl (C=O) groups is 8. The number of halogens is 4. The standard InChI is InChI=1S/2C43H49F2N5O6S.2Na/c2*1-43(2)26-49(42(56)46-18-5-6-21-51)19-20-50(43)25-28-8-7-9-30(22-28)38(52)48-40-37(33-10-3-4-11-36(33)57-40)39(53)47-31-23-34(44)32(35(45)24-31)17-14-27-12-15-29(16-13-27)41(54)55;;/h2*7-9,12-13,15-16,22-24,51H,3-6,10-11,14,17-21,25-26H2,1-2H3,(H,46,56)(H,47,53)(H,48,52)(H,54,55);;/q;;2*+1/p-2. The van der Waals surface area contributed by atoms with Gasteiger partial charge in [-0.2, -0.15) is 0 Å². The van der Waals surface area contributed by atoms with Crippen LogP contribution in [0.5, 0.6) is 0 Å². The number of urea groups is 2. The molecule has 604 valence electrons. The van der Waals surface area contributed by atoms with Crippen molar-refractivity contribution >= 4 is 91.7 Å². The Bertz CT molecular complexity index is 4510. The third kappa shape index (κ3) is 24.0. The fraction of sp³-hybridized carbons (Fsp3) is 0.395. The van der Waals surface area contributed by atoms with Gasteiger partial charge >= 0.3 is 71.2 Å². The first-order chi connectivity index (χ1) is 54.6. The van der Waals surface area contributed by atoms with Crippen LogP contribution in [0.2, 0.25) is 0 Å². The molecule has 12 rings (SSSR count). The molecule has 2 saturated heterocycles. The zero-order valence-electron chi connectivity index (χ0n) is 66.4. The molecule has 2 fully saturated rings. The van der Waals surface area contributed by atoms with Crippen molar-refractivity contribution < 1.29 is 135 Å². The molecule has 0 radical (unpaired) electrons. The molecule has 2 aliphatic carbocycles. The minimum absolute atomic E-state index is 0. The number of fused-ring (bicyclic) bond motifs is 2. The first-order valence-corrected chi connectivity index (χ1v) is 40.3. The van der Waals surface area contributed by atoms with Gasteiger partial charge in [-0.25, -0.2) is 27.2 Å². The molecule has 0 atom stereocenters. The number of nitrogens with zero attached hydrogens (tertiary/aromatic N) is 4. The molecule has 30 heteroatoms. The van der Waals surface area contributed by atoms with E-state index in [2.05, 4.69) is 69.4 Å². The van der Waals surface area contributed by atoms with Crippen LogP contribution in [0, 0.1) is 23.3 Å². The third-order valence-corrected chi connectivity index (χ3v) is 23.7. The SMILES string of the molecule is CC1(C)CN(C(=O)NCCCCO)CCN1Cc1cccc(C(=O)Nc2sc3c(c2C(=O)Nc2cc(F)c(CCc4ccc(C(=O)[O-])cc4)c(F)c2)CCCC3)c1.CC1(C)CN(C(=O)NCCCCO)CCN1Cc1cccc(C(=O)Nc2sc3c(c2C(=O)Nc2cc(F)c(CCc4ccc(C(=O)[O-])cc4)c(F)c2)CCCC3)c1.[Na+].[Na+]. The first kappa shape index (κ1) is 91.5. The second-order valence-corrected chi connectivity index (χ2v) is 32.7. The summed E-state index contributed by atoms with van der Waals surface area (Å²) in [5.74, 6) is -7.81. The van der Waals surface area contributed by atoms with Gasteiger partial charge in [0, 0.05) is 133 Å². The summed E-state index contributed by atoms with van der Waals surface area (Å²) in [6.45, 7) is 14.1. The molecule has 0 saturated carbocycles. The number of aliphatic hydroxyl groups is 2. The van der Waals surface area contributed by atoms with Gasteiger partial charge in [0.2, 0.25) is 0 Å². The van der Waals surface area contributed by atoms with Gasteiger partial charge in [-0.1, -0.05) is 72.8 Å². The van der Waals surface area contributed by atoms with Gasteiger partial charge in [-0.05, 0) is 223 Å². The van der Waals surface area contributed by atoms with E-state index in [1.54, 1.807) is 36.4 Å². The molecule has 0 spiro atoms. The summed E-state index contributed by atoms with van der Waals surface area (Å²) >= 11 is 2.70. The molecular weight excluding hydrogens is 1550 g/mol. The fourth-order valence-corrected chi connectivity index (χ4v) is 17.5. The van der Waals surface area contributed by atoms with Crippen molar-refractivity contribution in [2.24, 2.45) is 0 Å². The van der Waals surface area contributed by atoms with E-state index in [4.69, 9.17) is 10.2 Å². The van der Waals surface area contributed by atoms with Crippen molar-refractivity contribution in [3.05, 3.63) is 232 Å². The zero-order valence-corrected chi connectivity index (χ0v) is 72.1. The molecule has 0 unspecified atom stereocenters. The quantitative estimate of drug-likeness (QED) is 0.0161. The maximum Gasteiger partial charge on any atom is 1.00 e. The number of piperazine rings is 2. The third-order valence-electron chi connectivity index (χ3n) is 21.3. The van der Waals surface area contributed by atoms with E-state index in [0.29, 0.717) is 147 Å². The van der Waals surface area contributed by atoms with Gasteiger partial charge in [-0.3, -0.25) is 29.0 Å². The van der Waals surface area contributed by atoms with Gasteiger partial charge in [-0.15, -0.1) is 22.7 Å². The molecule has 8 amide bonds. The maximum atomic E-state index is 15.3. The number of carboxylic acids is 2.